The Labute approximate surface area is 175 Å². The van der Waals surface area contributed by atoms with Crippen LogP contribution in [0.3, 0.4) is 0 Å². The number of nitrogens with zero attached hydrogens (tertiary/aromatic N) is 7. The Balaban J connectivity index is 1.44. The van der Waals surface area contributed by atoms with E-state index in [1.54, 1.807) is 10.8 Å². The Kier molecular flexibility index (Phi) is 4.45. The van der Waals surface area contributed by atoms with Crippen molar-refractivity contribution in [2.45, 2.75) is 31.2 Å². The SMILES string of the molecule is C[n+]1cc(-c2ccc(C3(c4noc(-c5cnn(C(F)F)c5)n4)CCC3)cn2)cnc1N. The third kappa shape index (κ3) is 3.22. The summed E-state index contributed by atoms with van der Waals surface area (Å²) in [6.45, 7) is -2.72. The van der Waals surface area contributed by atoms with Gasteiger partial charge in [-0.2, -0.15) is 18.9 Å². The number of hydrogen-bond acceptors (Lipinski definition) is 7. The van der Waals surface area contributed by atoms with Gasteiger partial charge >= 0.3 is 12.5 Å². The quantitative estimate of drug-likeness (QED) is 0.489. The van der Waals surface area contributed by atoms with Crippen LogP contribution >= 0.6 is 0 Å². The summed E-state index contributed by atoms with van der Waals surface area (Å²) in [5.74, 6) is 1.10. The molecule has 4 aromatic heterocycles. The second-order valence-corrected chi connectivity index (χ2v) is 7.59. The third-order valence-electron chi connectivity index (χ3n) is 5.75. The minimum absolute atomic E-state index is 0.165. The van der Waals surface area contributed by atoms with Crippen molar-refractivity contribution in [1.29, 1.82) is 0 Å². The molecule has 4 aromatic rings. The summed E-state index contributed by atoms with van der Waals surface area (Å²) in [6, 6.07) is 3.93. The van der Waals surface area contributed by atoms with Crippen LogP contribution in [0.25, 0.3) is 22.7 Å². The summed E-state index contributed by atoms with van der Waals surface area (Å²) in [6.07, 6.45) is 10.6. The molecule has 5 rings (SSSR count). The van der Waals surface area contributed by atoms with Crippen molar-refractivity contribution in [3.05, 3.63) is 54.5 Å². The van der Waals surface area contributed by atoms with E-state index >= 15 is 0 Å². The highest BCUT2D eigenvalue weighted by Gasteiger charge is 2.45. The summed E-state index contributed by atoms with van der Waals surface area (Å²) in [5.41, 5.74) is 8.31. The zero-order valence-electron chi connectivity index (χ0n) is 16.6. The minimum atomic E-state index is -2.72. The maximum atomic E-state index is 12.8. The Morgan fingerprint density at radius 1 is 1.16 bits per heavy atom. The van der Waals surface area contributed by atoms with Gasteiger partial charge in [0.2, 0.25) is 0 Å². The fraction of sp³-hybridized carbons (Fsp3) is 0.300. The molecule has 0 bridgehead atoms. The number of nitrogens with two attached hydrogens (primary N) is 1. The van der Waals surface area contributed by atoms with Gasteiger partial charge in [-0.25, -0.2) is 9.25 Å². The van der Waals surface area contributed by atoms with Crippen molar-refractivity contribution in [1.82, 2.24) is 29.9 Å². The van der Waals surface area contributed by atoms with Crippen LogP contribution in [0.4, 0.5) is 14.7 Å². The summed E-state index contributed by atoms with van der Waals surface area (Å²) in [7, 11) is 1.82. The largest absolute Gasteiger partial charge is 0.388 e. The van der Waals surface area contributed by atoms with Crippen LogP contribution < -0.4 is 10.3 Å². The number of halogens is 2. The van der Waals surface area contributed by atoms with Gasteiger partial charge in [0.1, 0.15) is 6.20 Å². The zero-order valence-corrected chi connectivity index (χ0v) is 16.6. The van der Waals surface area contributed by atoms with Gasteiger partial charge in [-0.05, 0) is 24.5 Å². The highest BCUT2D eigenvalue weighted by atomic mass is 19.3. The first-order valence-electron chi connectivity index (χ1n) is 9.71. The molecular weight excluding hydrogens is 406 g/mol. The Morgan fingerprint density at radius 2 is 2.00 bits per heavy atom. The molecule has 1 fully saturated rings. The second kappa shape index (κ2) is 7.18. The van der Waals surface area contributed by atoms with Gasteiger partial charge in [0.15, 0.2) is 5.82 Å². The molecule has 0 radical (unpaired) electrons. The number of rotatable bonds is 5. The Hall–Kier alpha value is -3.76. The van der Waals surface area contributed by atoms with Gasteiger partial charge in [0.25, 0.3) is 5.89 Å². The maximum absolute atomic E-state index is 12.8. The van der Waals surface area contributed by atoms with Crippen LogP contribution in [0.1, 0.15) is 37.2 Å². The normalized spacial score (nSPS) is 15.2. The van der Waals surface area contributed by atoms with Crippen molar-refractivity contribution in [2.75, 3.05) is 5.73 Å². The van der Waals surface area contributed by atoms with Crippen molar-refractivity contribution in [2.24, 2.45) is 7.05 Å². The first-order chi connectivity index (χ1) is 15.0. The van der Waals surface area contributed by atoms with Gasteiger partial charge in [0, 0.05) is 12.4 Å². The first-order valence-corrected chi connectivity index (χ1v) is 9.71. The third-order valence-corrected chi connectivity index (χ3v) is 5.75. The molecule has 11 heteroatoms. The molecular formula is C20H19F2N8O+. The van der Waals surface area contributed by atoms with E-state index in [0.717, 1.165) is 36.1 Å². The summed E-state index contributed by atoms with van der Waals surface area (Å²) < 4.78 is 33.2. The van der Waals surface area contributed by atoms with Gasteiger partial charge in [0.05, 0.1) is 41.7 Å². The lowest BCUT2D eigenvalue weighted by molar-refractivity contribution is -0.658. The molecule has 0 unspecified atom stereocenters. The number of nitrogen functional groups attached to an aromatic ring is 1. The number of anilines is 1. The van der Waals surface area contributed by atoms with E-state index in [9.17, 15) is 8.78 Å². The standard InChI is InChI=1S/C20H18F2N8O/c1-29-10-12(7-25-19(29)23)15-4-3-14(9-24-15)20(5-2-6-20)17-27-16(31-28-17)13-8-26-30(11-13)18(21)22/h3-4,7-11,18,23H,2,5-6H2,1H3/p+1. The molecule has 0 saturated heterocycles. The van der Waals surface area contributed by atoms with Gasteiger partial charge in [-0.1, -0.05) is 22.6 Å². The van der Waals surface area contributed by atoms with Gasteiger partial charge < -0.3 is 4.52 Å². The zero-order chi connectivity index (χ0) is 21.6. The highest BCUT2D eigenvalue weighted by Crippen LogP contribution is 2.48. The molecule has 0 aliphatic heterocycles. The van der Waals surface area contributed by atoms with Crippen LogP contribution in [-0.4, -0.2) is 29.9 Å². The lowest BCUT2D eigenvalue weighted by Gasteiger charge is -2.39. The second-order valence-electron chi connectivity index (χ2n) is 7.59. The molecule has 31 heavy (non-hydrogen) atoms. The molecule has 158 valence electrons. The van der Waals surface area contributed by atoms with E-state index in [0.29, 0.717) is 22.0 Å². The molecule has 0 spiro atoms. The van der Waals surface area contributed by atoms with E-state index in [2.05, 4.69) is 25.2 Å². The van der Waals surface area contributed by atoms with Crippen LogP contribution in [-0.2, 0) is 12.5 Å². The van der Waals surface area contributed by atoms with Gasteiger partial charge in [-0.15, -0.1) is 0 Å². The van der Waals surface area contributed by atoms with Crippen LogP contribution in [0.15, 0.2) is 47.6 Å². The summed E-state index contributed by atoms with van der Waals surface area (Å²) in [4.78, 5) is 13.3. The van der Waals surface area contributed by atoms with E-state index < -0.39 is 12.0 Å². The lowest BCUT2D eigenvalue weighted by Crippen LogP contribution is -2.36. The monoisotopic (exact) mass is 425 g/mol. The predicted octanol–water partition coefficient (Wildman–Crippen LogP) is 2.66. The Bertz CT molecular complexity index is 1230. The number of aryl methyl sites for hydroxylation is 1. The fourth-order valence-electron chi connectivity index (χ4n) is 3.78. The highest BCUT2D eigenvalue weighted by molar-refractivity contribution is 5.57. The topological polar surface area (TPSA) is 112 Å². The molecule has 1 aliphatic rings. The van der Waals surface area contributed by atoms with E-state index in [1.165, 1.54) is 12.4 Å². The minimum Gasteiger partial charge on any atom is -0.334 e. The Morgan fingerprint density at radius 3 is 2.61 bits per heavy atom. The summed E-state index contributed by atoms with van der Waals surface area (Å²) >= 11 is 0. The fourth-order valence-corrected chi connectivity index (χ4v) is 3.78. The molecule has 0 atom stereocenters. The van der Waals surface area contributed by atoms with Crippen LogP contribution in [0, 0.1) is 0 Å². The summed E-state index contributed by atoms with van der Waals surface area (Å²) in [5, 5.41) is 7.77. The van der Waals surface area contributed by atoms with Crippen molar-refractivity contribution in [3.63, 3.8) is 0 Å². The van der Waals surface area contributed by atoms with Gasteiger partial charge in [-0.3, -0.25) is 10.7 Å². The molecule has 1 saturated carbocycles. The average Bonchev–Trinajstić information content (AvgIpc) is 3.40. The van der Waals surface area contributed by atoms with E-state index in [4.69, 9.17) is 10.3 Å². The van der Waals surface area contributed by atoms with E-state index in [-0.39, 0.29) is 5.89 Å². The average molecular weight is 425 g/mol. The molecule has 0 aromatic carbocycles. The number of pyridine rings is 1. The molecule has 2 N–H and O–H groups in total. The molecule has 4 heterocycles. The predicted molar refractivity (Wildman–Crippen MR) is 104 cm³/mol. The lowest BCUT2D eigenvalue weighted by atomic mass is 9.64. The van der Waals surface area contributed by atoms with Crippen molar-refractivity contribution < 1.29 is 17.9 Å². The van der Waals surface area contributed by atoms with E-state index in [1.807, 2.05) is 31.6 Å². The smallest absolute Gasteiger partial charge is 0.334 e. The molecule has 1 aliphatic carbocycles. The van der Waals surface area contributed by atoms with Crippen LogP contribution in [0.2, 0.25) is 0 Å². The molecule has 9 nitrogen and oxygen atoms in total. The first kappa shape index (κ1) is 19.2. The number of aromatic nitrogens is 7. The number of alkyl halides is 2. The number of hydrogen-bond donors (Lipinski definition) is 1. The van der Waals surface area contributed by atoms with Crippen molar-refractivity contribution in [3.8, 4) is 22.7 Å². The van der Waals surface area contributed by atoms with Crippen LogP contribution in [0.5, 0.6) is 0 Å². The molecule has 0 amide bonds. The van der Waals surface area contributed by atoms with Crippen molar-refractivity contribution >= 4 is 5.95 Å². The maximum Gasteiger partial charge on any atom is 0.388 e.